The summed E-state index contributed by atoms with van der Waals surface area (Å²) in [4.78, 5) is 24.0. The molecule has 2 aromatic rings. The van der Waals surface area contributed by atoms with Crippen LogP contribution in [0.15, 0.2) is 54.6 Å². The van der Waals surface area contributed by atoms with E-state index in [1.54, 1.807) is 0 Å². The van der Waals surface area contributed by atoms with Crippen molar-refractivity contribution in [2.24, 2.45) is 5.92 Å². The molecular formula is C21H24N2O2. The highest BCUT2D eigenvalue weighted by molar-refractivity contribution is 5.94. The van der Waals surface area contributed by atoms with E-state index in [0.29, 0.717) is 13.0 Å². The molecule has 0 aliphatic heterocycles. The number of nitrogens with one attached hydrogen (secondary N) is 2. The first-order valence-corrected chi connectivity index (χ1v) is 8.83. The number of hydrogen-bond donors (Lipinski definition) is 2. The quantitative estimate of drug-likeness (QED) is 0.807. The van der Waals surface area contributed by atoms with Gasteiger partial charge in [-0.2, -0.15) is 0 Å². The van der Waals surface area contributed by atoms with Gasteiger partial charge in [0, 0.05) is 24.6 Å². The lowest BCUT2D eigenvalue weighted by molar-refractivity contribution is -0.121. The molecule has 1 unspecified atom stereocenters. The third kappa shape index (κ3) is 5.18. The van der Waals surface area contributed by atoms with E-state index in [9.17, 15) is 9.59 Å². The summed E-state index contributed by atoms with van der Waals surface area (Å²) in [6.07, 6.45) is 2.44. The van der Waals surface area contributed by atoms with Crippen molar-refractivity contribution in [3.8, 4) is 0 Å². The molecule has 0 spiro atoms. The van der Waals surface area contributed by atoms with Crippen molar-refractivity contribution in [3.05, 3.63) is 65.7 Å². The second kappa shape index (κ2) is 7.97. The topological polar surface area (TPSA) is 58.2 Å². The Balaban J connectivity index is 1.49. The fourth-order valence-corrected chi connectivity index (χ4v) is 2.80. The Kier molecular flexibility index (Phi) is 5.49. The summed E-state index contributed by atoms with van der Waals surface area (Å²) in [6, 6.07) is 17.7. The first kappa shape index (κ1) is 17.2. The lowest BCUT2D eigenvalue weighted by Gasteiger charge is -2.12. The third-order valence-corrected chi connectivity index (χ3v) is 4.49. The van der Waals surface area contributed by atoms with Crippen LogP contribution in [0, 0.1) is 5.92 Å². The largest absolute Gasteiger partial charge is 0.352 e. The zero-order valence-electron chi connectivity index (χ0n) is 14.5. The molecule has 1 fully saturated rings. The first-order chi connectivity index (χ1) is 12.1. The zero-order valence-corrected chi connectivity index (χ0v) is 14.5. The van der Waals surface area contributed by atoms with Crippen molar-refractivity contribution in [2.45, 2.75) is 38.6 Å². The Morgan fingerprint density at radius 1 is 1.08 bits per heavy atom. The molecule has 25 heavy (non-hydrogen) atoms. The Bertz CT molecular complexity index is 739. The number of hydrogen-bond acceptors (Lipinski definition) is 2. The molecule has 0 saturated heterocycles. The Hall–Kier alpha value is -2.62. The average Bonchev–Trinajstić information content (AvgIpc) is 3.46. The van der Waals surface area contributed by atoms with Gasteiger partial charge in [-0.05, 0) is 42.0 Å². The Morgan fingerprint density at radius 2 is 1.84 bits per heavy atom. The number of benzene rings is 2. The van der Waals surface area contributed by atoms with Crippen molar-refractivity contribution < 1.29 is 9.59 Å². The summed E-state index contributed by atoms with van der Waals surface area (Å²) in [5.41, 5.74) is 2.94. The molecule has 2 aromatic carbocycles. The number of rotatable bonds is 7. The van der Waals surface area contributed by atoms with Gasteiger partial charge < -0.3 is 10.6 Å². The van der Waals surface area contributed by atoms with E-state index in [2.05, 4.69) is 17.6 Å². The van der Waals surface area contributed by atoms with E-state index in [0.717, 1.165) is 24.1 Å². The van der Waals surface area contributed by atoms with Gasteiger partial charge >= 0.3 is 0 Å². The number of amides is 2. The van der Waals surface area contributed by atoms with E-state index in [1.807, 2.05) is 54.6 Å². The minimum Gasteiger partial charge on any atom is -0.352 e. The zero-order chi connectivity index (χ0) is 17.6. The van der Waals surface area contributed by atoms with Gasteiger partial charge in [0.25, 0.3) is 0 Å². The van der Waals surface area contributed by atoms with Crippen molar-refractivity contribution in [3.63, 3.8) is 0 Å². The van der Waals surface area contributed by atoms with Crippen LogP contribution in [0.5, 0.6) is 0 Å². The first-order valence-electron chi connectivity index (χ1n) is 8.83. The summed E-state index contributed by atoms with van der Waals surface area (Å²) in [5, 5.41) is 5.90. The van der Waals surface area contributed by atoms with Crippen LogP contribution >= 0.6 is 0 Å². The van der Waals surface area contributed by atoms with E-state index < -0.39 is 0 Å². The summed E-state index contributed by atoms with van der Waals surface area (Å²) in [6.45, 7) is 2.52. The summed E-state index contributed by atoms with van der Waals surface area (Å²) < 4.78 is 0. The highest BCUT2D eigenvalue weighted by Gasteiger charge is 2.29. The van der Waals surface area contributed by atoms with Crippen LogP contribution in [-0.4, -0.2) is 11.8 Å². The lowest BCUT2D eigenvalue weighted by Crippen LogP contribution is -2.24. The van der Waals surface area contributed by atoms with Crippen LogP contribution in [-0.2, 0) is 16.1 Å². The minimum absolute atomic E-state index is 0.0313. The summed E-state index contributed by atoms with van der Waals surface area (Å²) >= 11 is 0. The van der Waals surface area contributed by atoms with Gasteiger partial charge in [-0.3, -0.25) is 9.59 Å². The van der Waals surface area contributed by atoms with Gasteiger partial charge in [0.2, 0.25) is 11.8 Å². The molecule has 1 saturated carbocycles. The van der Waals surface area contributed by atoms with Crippen molar-refractivity contribution in [2.75, 3.05) is 5.32 Å². The van der Waals surface area contributed by atoms with E-state index in [1.165, 1.54) is 5.56 Å². The van der Waals surface area contributed by atoms with E-state index >= 15 is 0 Å². The summed E-state index contributed by atoms with van der Waals surface area (Å²) in [5.74, 6) is 0.495. The van der Waals surface area contributed by atoms with Crippen molar-refractivity contribution in [1.82, 2.24) is 5.32 Å². The van der Waals surface area contributed by atoms with Crippen LogP contribution in [0.1, 0.15) is 43.2 Å². The Labute approximate surface area is 148 Å². The maximum absolute atomic E-state index is 12.2. The second-order valence-corrected chi connectivity index (χ2v) is 6.76. The SMILES string of the molecule is CC(CC(=O)NCc1cccc(NC(=O)C2CC2)c1)c1ccccc1. The fraction of sp³-hybridized carbons (Fsp3) is 0.333. The maximum Gasteiger partial charge on any atom is 0.227 e. The van der Waals surface area contributed by atoms with Crippen LogP contribution in [0.2, 0.25) is 0 Å². The third-order valence-electron chi connectivity index (χ3n) is 4.49. The van der Waals surface area contributed by atoms with Crippen LogP contribution < -0.4 is 10.6 Å². The lowest BCUT2D eigenvalue weighted by atomic mass is 9.97. The molecule has 0 aromatic heterocycles. The molecular weight excluding hydrogens is 312 g/mol. The summed E-state index contributed by atoms with van der Waals surface area (Å²) in [7, 11) is 0. The Morgan fingerprint density at radius 3 is 2.56 bits per heavy atom. The monoisotopic (exact) mass is 336 g/mol. The molecule has 4 nitrogen and oxygen atoms in total. The van der Waals surface area contributed by atoms with Gasteiger partial charge in [-0.15, -0.1) is 0 Å². The molecule has 3 rings (SSSR count). The average molecular weight is 336 g/mol. The molecule has 2 N–H and O–H groups in total. The van der Waals surface area contributed by atoms with Crippen molar-refractivity contribution >= 4 is 17.5 Å². The van der Waals surface area contributed by atoms with Crippen molar-refractivity contribution in [1.29, 1.82) is 0 Å². The van der Waals surface area contributed by atoms with Crippen LogP contribution in [0.3, 0.4) is 0 Å². The normalized spacial score (nSPS) is 14.6. The van der Waals surface area contributed by atoms with Crippen LogP contribution in [0.4, 0.5) is 5.69 Å². The number of carbonyl (C=O) groups excluding carboxylic acids is 2. The fourth-order valence-electron chi connectivity index (χ4n) is 2.80. The van der Waals surface area contributed by atoms with Gasteiger partial charge in [-0.25, -0.2) is 0 Å². The molecule has 4 heteroatoms. The van der Waals surface area contributed by atoms with Gasteiger partial charge in [0.05, 0.1) is 0 Å². The standard InChI is InChI=1S/C21H24N2O2/c1-15(17-7-3-2-4-8-17)12-20(24)22-14-16-6-5-9-19(13-16)23-21(25)18-10-11-18/h2-9,13,15,18H,10-12,14H2,1H3,(H,22,24)(H,23,25). The molecule has 1 atom stereocenters. The molecule has 0 radical (unpaired) electrons. The van der Waals surface area contributed by atoms with E-state index in [4.69, 9.17) is 0 Å². The minimum atomic E-state index is 0.0313. The predicted molar refractivity (Wildman–Crippen MR) is 99.1 cm³/mol. The molecule has 130 valence electrons. The molecule has 0 heterocycles. The van der Waals surface area contributed by atoms with Gasteiger partial charge in [0.15, 0.2) is 0 Å². The second-order valence-electron chi connectivity index (χ2n) is 6.76. The molecule has 2 amide bonds. The molecule has 0 bridgehead atoms. The number of anilines is 1. The highest BCUT2D eigenvalue weighted by Crippen LogP contribution is 2.30. The molecule has 1 aliphatic carbocycles. The van der Waals surface area contributed by atoms with E-state index in [-0.39, 0.29) is 23.7 Å². The van der Waals surface area contributed by atoms with Gasteiger partial charge in [-0.1, -0.05) is 49.4 Å². The van der Waals surface area contributed by atoms with Gasteiger partial charge in [0.1, 0.15) is 0 Å². The molecule has 1 aliphatic rings. The maximum atomic E-state index is 12.2. The van der Waals surface area contributed by atoms with Crippen LogP contribution in [0.25, 0.3) is 0 Å². The highest BCUT2D eigenvalue weighted by atomic mass is 16.2. The number of carbonyl (C=O) groups is 2. The predicted octanol–water partition coefficient (Wildman–Crippen LogP) is 3.85. The smallest absolute Gasteiger partial charge is 0.227 e.